The molecule has 1 rings (SSSR count). The molecule has 3 heteroatoms. The number of piperidine rings is 1. The molecular formula is C14H28N2O. The summed E-state index contributed by atoms with van der Waals surface area (Å²) in [4.78, 5) is 14.4. The summed E-state index contributed by atoms with van der Waals surface area (Å²) in [6.45, 7) is 12.3. The van der Waals surface area contributed by atoms with E-state index in [0.29, 0.717) is 17.9 Å². The molecule has 0 spiro atoms. The topological polar surface area (TPSA) is 32.3 Å². The van der Waals surface area contributed by atoms with Crippen LogP contribution in [0.3, 0.4) is 0 Å². The molecule has 3 nitrogen and oxygen atoms in total. The van der Waals surface area contributed by atoms with E-state index in [9.17, 15) is 4.79 Å². The summed E-state index contributed by atoms with van der Waals surface area (Å²) in [5.41, 5.74) is -0.267. The van der Waals surface area contributed by atoms with Gasteiger partial charge in [-0.15, -0.1) is 0 Å². The number of rotatable bonds is 2. The molecule has 0 aromatic carbocycles. The van der Waals surface area contributed by atoms with Gasteiger partial charge < -0.3 is 10.2 Å². The van der Waals surface area contributed by atoms with Crippen LogP contribution in [0.5, 0.6) is 0 Å². The van der Waals surface area contributed by atoms with E-state index in [4.69, 9.17) is 0 Å². The Balaban J connectivity index is 2.75. The van der Waals surface area contributed by atoms with Crippen molar-refractivity contribution in [3.05, 3.63) is 0 Å². The molecule has 1 aliphatic rings. The van der Waals surface area contributed by atoms with Gasteiger partial charge in [0, 0.05) is 24.5 Å². The van der Waals surface area contributed by atoms with Crippen molar-refractivity contribution in [1.82, 2.24) is 10.2 Å². The molecule has 0 saturated carbocycles. The molecule has 100 valence electrons. The molecule has 2 unspecified atom stereocenters. The molecule has 1 fully saturated rings. The van der Waals surface area contributed by atoms with E-state index in [2.05, 4.69) is 24.1 Å². The molecule has 2 atom stereocenters. The lowest BCUT2D eigenvalue weighted by Crippen LogP contribution is -2.53. The van der Waals surface area contributed by atoms with Gasteiger partial charge in [-0.1, -0.05) is 34.6 Å². The van der Waals surface area contributed by atoms with Crippen molar-refractivity contribution in [2.24, 2.45) is 17.3 Å². The summed E-state index contributed by atoms with van der Waals surface area (Å²) in [5, 5.41) is 3.33. The molecule has 0 bridgehead atoms. The normalized spacial score (nSPS) is 26.4. The van der Waals surface area contributed by atoms with Gasteiger partial charge in [0.25, 0.3) is 0 Å². The molecule has 1 N–H and O–H groups in total. The van der Waals surface area contributed by atoms with Crippen LogP contribution < -0.4 is 5.32 Å². The van der Waals surface area contributed by atoms with Gasteiger partial charge in [0.1, 0.15) is 0 Å². The van der Waals surface area contributed by atoms with Gasteiger partial charge in [0.15, 0.2) is 0 Å². The zero-order valence-electron chi connectivity index (χ0n) is 12.2. The maximum atomic E-state index is 12.3. The number of hydrogen-bond donors (Lipinski definition) is 1. The minimum Gasteiger partial charge on any atom is -0.340 e. The fourth-order valence-corrected chi connectivity index (χ4v) is 2.47. The van der Waals surface area contributed by atoms with E-state index in [1.54, 1.807) is 0 Å². The Bertz CT molecular complexity index is 268. The first-order valence-corrected chi connectivity index (χ1v) is 6.72. The highest BCUT2D eigenvalue weighted by Crippen LogP contribution is 2.27. The lowest BCUT2D eigenvalue weighted by molar-refractivity contribution is -0.142. The van der Waals surface area contributed by atoms with Crippen molar-refractivity contribution in [3.63, 3.8) is 0 Å². The SMILES string of the molecule is CNC1CC(C(C)C)CN(C(=O)C(C)(C)C)C1. The first-order valence-electron chi connectivity index (χ1n) is 6.72. The van der Waals surface area contributed by atoms with Crippen molar-refractivity contribution in [2.75, 3.05) is 20.1 Å². The largest absolute Gasteiger partial charge is 0.340 e. The Labute approximate surface area is 106 Å². The molecule has 1 saturated heterocycles. The number of nitrogens with zero attached hydrogens (tertiary/aromatic N) is 1. The van der Waals surface area contributed by atoms with E-state index in [0.717, 1.165) is 13.1 Å². The van der Waals surface area contributed by atoms with Crippen LogP contribution in [0.1, 0.15) is 41.0 Å². The van der Waals surface area contributed by atoms with Crippen LogP contribution in [-0.2, 0) is 4.79 Å². The first-order chi connectivity index (χ1) is 7.75. The van der Waals surface area contributed by atoms with Gasteiger partial charge in [0.05, 0.1) is 0 Å². The van der Waals surface area contributed by atoms with Gasteiger partial charge >= 0.3 is 0 Å². The Hall–Kier alpha value is -0.570. The number of carbonyl (C=O) groups excluding carboxylic acids is 1. The standard InChI is InChI=1S/C14H28N2O/c1-10(2)11-7-12(15-6)9-16(8-11)13(17)14(3,4)5/h10-12,15H,7-9H2,1-6H3. The molecule has 0 radical (unpaired) electrons. The Morgan fingerprint density at radius 1 is 1.29 bits per heavy atom. The zero-order chi connectivity index (χ0) is 13.2. The predicted octanol–water partition coefficient (Wildman–Crippen LogP) is 2.12. The Kier molecular flexibility index (Phi) is 4.59. The monoisotopic (exact) mass is 240 g/mol. The summed E-state index contributed by atoms with van der Waals surface area (Å²) in [6.07, 6.45) is 1.18. The molecular weight excluding hydrogens is 212 g/mol. The first kappa shape index (κ1) is 14.5. The van der Waals surface area contributed by atoms with Crippen LogP contribution in [0.25, 0.3) is 0 Å². The maximum Gasteiger partial charge on any atom is 0.228 e. The van der Waals surface area contributed by atoms with Crippen molar-refractivity contribution in [1.29, 1.82) is 0 Å². The van der Waals surface area contributed by atoms with Crippen molar-refractivity contribution >= 4 is 5.91 Å². The fraction of sp³-hybridized carbons (Fsp3) is 0.929. The smallest absolute Gasteiger partial charge is 0.228 e. The Morgan fingerprint density at radius 2 is 1.88 bits per heavy atom. The number of likely N-dealkylation sites (tertiary alicyclic amines) is 1. The van der Waals surface area contributed by atoms with E-state index in [1.807, 2.05) is 27.8 Å². The number of likely N-dealkylation sites (N-methyl/N-ethyl adjacent to an activating group) is 1. The third-order valence-corrected chi connectivity index (χ3v) is 3.76. The van der Waals surface area contributed by atoms with Crippen LogP contribution in [0.2, 0.25) is 0 Å². The fourth-order valence-electron chi connectivity index (χ4n) is 2.47. The van der Waals surface area contributed by atoms with Gasteiger partial charge in [-0.05, 0) is 25.3 Å². The highest BCUT2D eigenvalue weighted by molar-refractivity contribution is 5.81. The van der Waals surface area contributed by atoms with Crippen LogP contribution in [-0.4, -0.2) is 37.0 Å². The summed E-state index contributed by atoms with van der Waals surface area (Å²) in [7, 11) is 1.99. The number of hydrogen-bond acceptors (Lipinski definition) is 2. The van der Waals surface area contributed by atoms with Crippen LogP contribution >= 0.6 is 0 Å². The highest BCUT2D eigenvalue weighted by atomic mass is 16.2. The van der Waals surface area contributed by atoms with E-state index in [1.165, 1.54) is 6.42 Å². The molecule has 1 amide bonds. The van der Waals surface area contributed by atoms with Gasteiger partial charge in [0.2, 0.25) is 5.91 Å². The third-order valence-electron chi connectivity index (χ3n) is 3.76. The number of amides is 1. The predicted molar refractivity (Wildman–Crippen MR) is 71.8 cm³/mol. The minimum atomic E-state index is -0.267. The van der Waals surface area contributed by atoms with E-state index >= 15 is 0 Å². The van der Waals surface area contributed by atoms with Crippen LogP contribution in [0, 0.1) is 17.3 Å². The zero-order valence-corrected chi connectivity index (χ0v) is 12.2. The molecule has 0 aliphatic carbocycles. The maximum absolute atomic E-state index is 12.3. The van der Waals surface area contributed by atoms with Crippen molar-refractivity contribution in [3.8, 4) is 0 Å². The van der Waals surface area contributed by atoms with E-state index in [-0.39, 0.29) is 11.3 Å². The second-order valence-corrected chi connectivity index (χ2v) is 6.69. The summed E-state index contributed by atoms with van der Waals surface area (Å²) >= 11 is 0. The average Bonchev–Trinajstić information content (AvgIpc) is 2.26. The average molecular weight is 240 g/mol. The number of carbonyl (C=O) groups is 1. The lowest BCUT2D eigenvalue weighted by atomic mass is 9.84. The lowest BCUT2D eigenvalue weighted by Gasteiger charge is -2.41. The second-order valence-electron chi connectivity index (χ2n) is 6.69. The third kappa shape index (κ3) is 3.70. The van der Waals surface area contributed by atoms with Gasteiger partial charge in [-0.2, -0.15) is 0 Å². The van der Waals surface area contributed by atoms with Crippen LogP contribution in [0.15, 0.2) is 0 Å². The molecule has 1 heterocycles. The van der Waals surface area contributed by atoms with Crippen LogP contribution in [0.4, 0.5) is 0 Å². The van der Waals surface area contributed by atoms with Crippen molar-refractivity contribution in [2.45, 2.75) is 47.1 Å². The minimum absolute atomic E-state index is 0.267. The molecule has 0 aromatic heterocycles. The molecule has 17 heavy (non-hydrogen) atoms. The summed E-state index contributed by atoms with van der Waals surface area (Å²) in [6, 6.07) is 0.447. The van der Waals surface area contributed by atoms with E-state index < -0.39 is 0 Å². The quantitative estimate of drug-likeness (QED) is 0.802. The summed E-state index contributed by atoms with van der Waals surface area (Å²) in [5.74, 6) is 1.54. The second kappa shape index (κ2) is 5.38. The highest BCUT2D eigenvalue weighted by Gasteiger charge is 2.34. The van der Waals surface area contributed by atoms with Crippen molar-refractivity contribution < 1.29 is 4.79 Å². The number of nitrogens with one attached hydrogen (secondary N) is 1. The van der Waals surface area contributed by atoms with Gasteiger partial charge in [-0.3, -0.25) is 4.79 Å². The molecule has 0 aromatic rings. The Morgan fingerprint density at radius 3 is 2.29 bits per heavy atom. The summed E-state index contributed by atoms with van der Waals surface area (Å²) < 4.78 is 0. The molecule has 1 aliphatic heterocycles. The van der Waals surface area contributed by atoms with Gasteiger partial charge in [-0.25, -0.2) is 0 Å².